The summed E-state index contributed by atoms with van der Waals surface area (Å²) >= 11 is 0. The van der Waals surface area contributed by atoms with E-state index in [0.29, 0.717) is 30.3 Å². The number of esters is 1. The van der Waals surface area contributed by atoms with Crippen molar-refractivity contribution in [1.82, 2.24) is 0 Å². The zero-order valence-electron chi connectivity index (χ0n) is 15.7. The average molecular weight is 344 g/mol. The van der Waals surface area contributed by atoms with Crippen molar-refractivity contribution in [2.45, 2.75) is 64.7 Å². The van der Waals surface area contributed by atoms with Crippen LogP contribution in [0.2, 0.25) is 0 Å². The number of benzene rings is 1. The van der Waals surface area contributed by atoms with E-state index in [1.54, 1.807) is 7.11 Å². The van der Waals surface area contributed by atoms with Gasteiger partial charge in [0.25, 0.3) is 0 Å². The number of ether oxygens (including phenoxy) is 2. The van der Waals surface area contributed by atoms with Gasteiger partial charge in [0.05, 0.1) is 19.3 Å². The SMILES string of the molecule is COc1c(O)c2c(c3c1CCOC3=O)CC[C@H]1C(C)(C)CCC[C@]21C. The Hall–Kier alpha value is -1.71. The van der Waals surface area contributed by atoms with Crippen molar-refractivity contribution in [2.24, 2.45) is 11.3 Å². The van der Waals surface area contributed by atoms with E-state index in [0.717, 1.165) is 42.4 Å². The molecule has 3 aliphatic rings. The normalized spacial score (nSPS) is 29.9. The Kier molecular flexibility index (Phi) is 3.61. The summed E-state index contributed by atoms with van der Waals surface area (Å²) in [6.45, 7) is 7.33. The van der Waals surface area contributed by atoms with Gasteiger partial charge in [-0.1, -0.05) is 27.2 Å². The maximum Gasteiger partial charge on any atom is 0.338 e. The summed E-state index contributed by atoms with van der Waals surface area (Å²) in [5, 5.41) is 11.2. The van der Waals surface area contributed by atoms with Gasteiger partial charge in [0.2, 0.25) is 0 Å². The summed E-state index contributed by atoms with van der Waals surface area (Å²) in [5.41, 5.74) is 3.56. The van der Waals surface area contributed by atoms with Gasteiger partial charge < -0.3 is 14.6 Å². The second-order valence-electron chi connectivity index (χ2n) is 8.83. The lowest BCUT2D eigenvalue weighted by Crippen LogP contribution is -2.48. The summed E-state index contributed by atoms with van der Waals surface area (Å²) in [4.78, 5) is 12.6. The van der Waals surface area contributed by atoms with Gasteiger partial charge in [0.15, 0.2) is 11.5 Å². The van der Waals surface area contributed by atoms with Crippen LogP contribution in [0.4, 0.5) is 0 Å². The molecule has 0 amide bonds. The minimum atomic E-state index is -0.257. The van der Waals surface area contributed by atoms with Crippen LogP contribution in [0.1, 0.15) is 73.5 Å². The molecule has 0 saturated heterocycles. The fraction of sp³-hybridized carbons (Fsp3) is 0.667. The number of rotatable bonds is 1. The van der Waals surface area contributed by atoms with Gasteiger partial charge in [-0.3, -0.25) is 0 Å². The minimum absolute atomic E-state index is 0.126. The van der Waals surface area contributed by atoms with Gasteiger partial charge in [-0.2, -0.15) is 0 Å². The molecule has 0 bridgehead atoms. The Morgan fingerprint density at radius 3 is 2.64 bits per heavy atom. The molecule has 0 aromatic heterocycles. The van der Waals surface area contributed by atoms with E-state index in [2.05, 4.69) is 20.8 Å². The van der Waals surface area contributed by atoms with Crippen molar-refractivity contribution in [3.8, 4) is 11.5 Å². The number of carbonyl (C=O) groups excluding carboxylic acids is 1. The van der Waals surface area contributed by atoms with Crippen molar-refractivity contribution in [3.05, 3.63) is 22.3 Å². The molecular weight excluding hydrogens is 316 g/mol. The second-order valence-corrected chi connectivity index (χ2v) is 8.83. The van der Waals surface area contributed by atoms with Crippen molar-refractivity contribution >= 4 is 5.97 Å². The largest absolute Gasteiger partial charge is 0.504 e. The summed E-state index contributed by atoms with van der Waals surface area (Å²) in [7, 11) is 1.58. The van der Waals surface area contributed by atoms with Crippen LogP contribution in [-0.2, 0) is 23.0 Å². The van der Waals surface area contributed by atoms with Crippen LogP contribution in [0, 0.1) is 11.3 Å². The van der Waals surface area contributed by atoms with Crippen molar-refractivity contribution in [3.63, 3.8) is 0 Å². The van der Waals surface area contributed by atoms with E-state index in [1.807, 2.05) is 0 Å². The Bertz CT molecular complexity index is 749. The van der Waals surface area contributed by atoms with Gasteiger partial charge in [0, 0.05) is 17.5 Å². The minimum Gasteiger partial charge on any atom is -0.504 e. The molecule has 1 saturated carbocycles. The highest BCUT2D eigenvalue weighted by Crippen LogP contribution is 2.61. The Labute approximate surface area is 149 Å². The predicted octanol–water partition coefficient (Wildman–Crippen LogP) is 4.14. The van der Waals surface area contributed by atoms with Crippen molar-refractivity contribution < 1.29 is 19.4 Å². The predicted molar refractivity (Wildman–Crippen MR) is 95.4 cm³/mol. The maximum atomic E-state index is 12.6. The molecule has 4 rings (SSSR count). The molecular formula is C21H28O4. The average Bonchev–Trinajstić information content (AvgIpc) is 2.53. The standard InChI is InChI=1S/C21H28O4/c1-20(2)9-5-10-21(3)14(20)7-6-12-15-13(8-11-25-19(15)23)18(24-4)17(22)16(12)21/h14,22H,5-11H2,1-4H3/t14-,21-/m0/s1. The first kappa shape index (κ1) is 16.7. The number of phenolic OH excluding ortho intramolecular Hbond substituents is 1. The van der Waals surface area contributed by atoms with Gasteiger partial charge in [-0.15, -0.1) is 0 Å². The summed E-state index contributed by atoms with van der Waals surface area (Å²) in [5.74, 6) is 0.981. The molecule has 0 unspecified atom stereocenters. The molecule has 4 nitrogen and oxygen atoms in total. The molecule has 2 atom stereocenters. The third kappa shape index (κ3) is 2.15. The van der Waals surface area contributed by atoms with Crippen LogP contribution in [0.25, 0.3) is 0 Å². The molecule has 2 aliphatic carbocycles. The first-order valence-electron chi connectivity index (χ1n) is 9.43. The zero-order chi connectivity index (χ0) is 18.0. The van der Waals surface area contributed by atoms with E-state index in [4.69, 9.17) is 9.47 Å². The first-order valence-corrected chi connectivity index (χ1v) is 9.43. The van der Waals surface area contributed by atoms with E-state index in [-0.39, 0.29) is 22.5 Å². The molecule has 1 fully saturated rings. The molecule has 0 radical (unpaired) electrons. The number of fused-ring (bicyclic) bond motifs is 5. The highest BCUT2D eigenvalue weighted by atomic mass is 16.5. The van der Waals surface area contributed by atoms with Gasteiger partial charge >= 0.3 is 5.97 Å². The fourth-order valence-corrected chi connectivity index (χ4v) is 6.13. The number of carbonyl (C=O) groups is 1. The van der Waals surface area contributed by atoms with Crippen LogP contribution in [-0.4, -0.2) is 24.8 Å². The molecule has 0 spiro atoms. The molecule has 136 valence electrons. The molecule has 1 aromatic rings. The number of hydrogen-bond acceptors (Lipinski definition) is 4. The van der Waals surface area contributed by atoms with Gasteiger partial charge in [-0.05, 0) is 48.0 Å². The lowest BCUT2D eigenvalue weighted by atomic mass is 9.50. The van der Waals surface area contributed by atoms with Gasteiger partial charge in [0.1, 0.15) is 0 Å². The van der Waals surface area contributed by atoms with Crippen molar-refractivity contribution in [1.29, 1.82) is 0 Å². The van der Waals surface area contributed by atoms with Gasteiger partial charge in [-0.25, -0.2) is 4.79 Å². The molecule has 1 aromatic carbocycles. The first-order chi connectivity index (χ1) is 11.8. The molecule has 1 aliphatic heterocycles. The van der Waals surface area contributed by atoms with Crippen LogP contribution in [0.15, 0.2) is 0 Å². The molecule has 4 heteroatoms. The fourth-order valence-electron chi connectivity index (χ4n) is 6.13. The topological polar surface area (TPSA) is 55.8 Å². The van der Waals surface area contributed by atoms with Crippen LogP contribution in [0.5, 0.6) is 11.5 Å². The van der Waals surface area contributed by atoms with Crippen LogP contribution >= 0.6 is 0 Å². The third-order valence-electron chi connectivity index (χ3n) is 7.11. The molecule has 25 heavy (non-hydrogen) atoms. The quantitative estimate of drug-likeness (QED) is 0.778. The highest BCUT2D eigenvalue weighted by Gasteiger charge is 2.52. The Morgan fingerprint density at radius 2 is 1.92 bits per heavy atom. The highest BCUT2D eigenvalue weighted by molar-refractivity contribution is 5.96. The number of aromatic hydroxyl groups is 1. The van der Waals surface area contributed by atoms with E-state index in [1.165, 1.54) is 6.42 Å². The second kappa shape index (κ2) is 5.39. The number of cyclic esters (lactones) is 1. The van der Waals surface area contributed by atoms with E-state index < -0.39 is 0 Å². The van der Waals surface area contributed by atoms with E-state index in [9.17, 15) is 9.90 Å². The lowest BCUT2D eigenvalue weighted by Gasteiger charge is -2.54. The smallest absolute Gasteiger partial charge is 0.338 e. The maximum absolute atomic E-state index is 12.6. The monoisotopic (exact) mass is 344 g/mol. The van der Waals surface area contributed by atoms with Crippen LogP contribution in [0.3, 0.4) is 0 Å². The number of methoxy groups -OCH3 is 1. The van der Waals surface area contributed by atoms with E-state index >= 15 is 0 Å². The zero-order valence-corrected chi connectivity index (χ0v) is 15.7. The van der Waals surface area contributed by atoms with Crippen LogP contribution < -0.4 is 4.74 Å². The number of phenols is 1. The molecule has 1 N–H and O–H groups in total. The summed E-state index contributed by atoms with van der Waals surface area (Å²) in [6, 6.07) is 0. The summed E-state index contributed by atoms with van der Waals surface area (Å²) in [6.07, 6.45) is 5.89. The lowest BCUT2D eigenvalue weighted by molar-refractivity contribution is 0.0368. The number of hydrogen-bond donors (Lipinski definition) is 1. The Morgan fingerprint density at radius 1 is 1.16 bits per heavy atom. The van der Waals surface area contributed by atoms with Crippen molar-refractivity contribution in [2.75, 3.05) is 13.7 Å². The summed E-state index contributed by atoms with van der Waals surface area (Å²) < 4.78 is 10.9. The Balaban J connectivity index is 2.02. The third-order valence-corrected chi connectivity index (χ3v) is 7.11. The molecule has 1 heterocycles.